The molecule has 0 aromatic carbocycles. The van der Waals surface area contributed by atoms with E-state index in [2.05, 4.69) is 9.72 Å². The summed E-state index contributed by atoms with van der Waals surface area (Å²) in [7, 11) is 0. The van der Waals surface area contributed by atoms with Gasteiger partial charge in [0.15, 0.2) is 6.29 Å². The van der Waals surface area contributed by atoms with E-state index in [0.29, 0.717) is 6.07 Å². The van der Waals surface area contributed by atoms with Crippen LogP contribution in [0.15, 0.2) is 6.07 Å². The maximum Gasteiger partial charge on any atom is 0.574 e. The summed E-state index contributed by atoms with van der Waals surface area (Å²) in [6, 6.07) is 0.665. The molecule has 3 nitrogen and oxygen atoms in total. The molecule has 0 saturated carbocycles. The Labute approximate surface area is 103 Å². The first-order valence-corrected chi connectivity index (χ1v) is 4.90. The van der Waals surface area contributed by atoms with Gasteiger partial charge in [0.1, 0.15) is 5.69 Å². The van der Waals surface area contributed by atoms with Crippen LogP contribution in [-0.4, -0.2) is 17.6 Å². The average Bonchev–Trinajstić information content (AvgIpc) is 2.25. The number of alkyl halides is 6. The van der Waals surface area contributed by atoms with Gasteiger partial charge in [-0.15, -0.1) is 24.8 Å². The van der Waals surface area contributed by atoms with Crippen LogP contribution in [0.5, 0.6) is 5.88 Å². The van der Waals surface area contributed by atoms with E-state index in [1.54, 1.807) is 0 Å². The van der Waals surface area contributed by atoms with Gasteiger partial charge in [0.05, 0.1) is 5.88 Å². The van der Waals surface area contributed by atoms with Crippen LogP contribution in [0.25, 0.3) is 0 Å². The summed E-state index contributed by atoms with van der Waals surface area (Å²) in [4.78, 5) is 13.6. The summed E-state index contributed by atoms with van der Waals surface area (Å²) in [5.74, 6) is -1.80. The molecule has 0 aliphatic carbocycles. The highest BCUT2D eigenvalue weighted by Gasteiger charge is 2.34. The summed E-state index contributed by atoms with van der Waals surface area (Å²) in [6.07, 6.45) is -8.18. The van der Waals surface area contributed by atoms with E-state index >= 15 is 0 Å². The van der Waals surface area contributed by atoms with Crippen LogP contribution in [0.4, 0.5) is 22.0 Å². The van der Waals surface area contributed by atoms with Gasteiger partial charge in [-0.3, -0.25) is 4.79 Å². The number of aldehydes is 1. The highest BCUT2D eigenvalue weighted by atomic mass is 35.5. The Morgan fingerprint density at radius 3 is 2.44 bits per heavy atom. The Hall–Kier alpha value is -1.44. The molecule has 0 N–H and O–H groups in total. The van der Waals surface area contributed by atoms with Gasteiger partial charge in [0, 0.05) is 11.1 Å². The van der Waals surface area contributed by atoms with Gasteiger partial charge in [0.25, 0.3) is 6.43 Å². The lowest BCUT2D eigenvalue weighted by Crippen LogP contribution is -2.20. The highest BCUT2D eigenvalue weighted by Crippen LogP contribution is 2.33. The number of ether oxygens (including phenoxy) is 1. The van der Waals surface area contributed by atoms with Crippen molar-refractivity contribution in [2.75, 3.05) is 0 Å². The number of hydrogen-bond donors (Lipinski definition) is 0. The first-order valence-electron chi connectivity index (χ1n) is 4.37. The number of pyridine rings is 1. The van der Waals surface area contributed by atoms with Crippen LogP contribution in [0.1, 0.15) is 28.0 Å². The Morgan fingerprint density at radius 1 is 1.44 bits per heavy atom. The zero-order valence-electron chi connectivity index (χ0n) is 8.47. The van der Waals surface area contributed by atoms with E-state index in [1.807, 2.05) is 0 Å². The van der Waals surface area contributed by atoms with Gasteiger partial charge in [0.2, 0.25) is 5.88 Å². The van der Waals surface area contributed by atoms with Gasteiger partial charge in [-0.05, 0) is 6.07 Å². The molecule has 0 atom stereocenters. The Bertz CT molecular complexity index is 449. The molecule has 1 aromatic rings. The minimum Gasteiger partial charge on any atom is -0.387 e. The summed E-state index contributed by atoms with van der Waals surface area (Å²) < 4.78 is 64.8. The van der Waals surface area contributed by atoms with Crippen LogP contribution in [0.3, 0.4) is 0 Å². The number of aromatic nitrogens is 1. The summed E-state index contributed by atoms with van der Waals surface area (Å²) >= 11 is 5.30. The number of rotatable bonds is 4. The predicted molar refractivity (Wildman–Crippen MR) is 50.8 cm³/mol. The Balaban J connectivity index is 3.37. The molecule has 1 aromatic heterocycles. The maximum absolute atomic E-state index is 12.6. The highest BCUT2D eigenvalue weighted by molar-refractivity contribution is 6.17. The van der Waals surface area contributed by atoms with Crippen molar-refractivity contribution >= 4 is 17.9 Å². The zero-order valence-corrected chi connectivity index (χ0v) is 9.23. The number of hydrogen-bond acceptors (Lipinski definition) is 3. The molecule has 18 heavy (non-hydrogen) atoms. The molecular weight excluding hydrogens is 285 g/mol. The first kappa shape index (κ1) is 14.6. The molecule has 0 bridgehead atoms. The molecule has 1 rings (SSSR count). The molecular formula is C9H5ClF5NO2. The van der Waals surface area contributed by atoms with Gasteiger partial charge in [-0.2, -0.15) is 0 Å². The smallest absolute Gasteiger partial charge is 0.387 e. The average molecular weight is 290 g/mol. The minimum absolute atomic E-state index is 0.0348. The number of carbonyl (C=O) groups excluding carboxylic acids is 1. The van der Waals surface area contributed by atoms with Crippen molar-refractivity contribution in [3.05, 3.63) is 22.9 Å². The Kier molecular flexibility index (Phi) is 4.44. The third kappa shape index (κ3) is 3.52. The lowest BCUT2D eigenvalue weighted by atomic mass is 10.1. The van der Waals surface area contributed by atoms with Gasteiger partial charge < -0.3 is 4.74 Å². The molecule has 0 saturated heterocycles. The summed E-state index contributed by atoms with van der Waals surface area (Å²) in [6.45, 7) is 0. The monoisotopic (exact) mass is 289 g/mol. The van der Waals surface area contributed by atoms with E-state index < -0.39 is 41.4 Å². The van der Waals surface area contributed by atoms with Crippen molar-refractivity contribution in [1.29, 1.82) is 0 Å². The third-order valence-corrected chi connectivity index (χ3v) is 2.11. The lowest BCUT2D eigenvalue weighted by Gasteiger charge is -2.14. The molecule has 0 radical (unpaired) electrons. The van der Waals surface area contributed by atoms with Crippen molar-refractivity contribution in [2.45, 2.75) is 18.7 Å². The van der Waals surface area contributed by atoms with Crippen molar-refractivity contribution in [1.82, 2.24) is 4.98 Å². The molecule has 0 aliphatic heterocycles. The van der Waals surface area contributed by atoms with E-state index in [9.17, 15) is 26.7 Å². The molecule has 0 spiro atoms. The third-order valence-electron chi connectivity index (χ3n) is 1.84. The molecule has 100 valence electrons. The molecule has 0 aliphatic rings. The second kappa shape index (κ2) is 5.47. The molecule has 0 amide bonds. The van der Waals surface area contributed by atoms with Crippen molar-refractivity contribution in [3.8, 4) is 5.88 Å². The van der Waals surface area contributed by atoms with Gasteiger partial charge in [-0.1, -0.05) is 0 Å². The SMILES string of the molecule is O=Cc1cc(C(F)F)c(CCl)c(OC(F)(F)F)n1. The zero-order chi connectivity index (χ0) is 13.9. The topological polar surface area (TPSA) is 39.2 Å². The van der Waals surface area contributed by atoms with Gasteiger partial charge in [-0.25, -0.2) is 13.8 Å². The van der Waals surface area contributed by atoms with Crippen LogP contribution in [0, 0.1) is 0 Å². The maximum atomic E-state index is 12.6. The second-order valence-electron chi connectivity index (χ2n) is 3.02. The quantitative estimate of drug-likeness (QED) is 0.484. The van der Waals surface area contributed by atoms with Crippen LogP contribution in [-0.2, 0) is 5.88 Å². The van der Waals surface area contributed by atoms with Crippen molar-refractivity contribution in [3.63, 3.8) is 0 Å². The number of carbonyl (C=O) groups is 1. The number of halogens is 6. The first-order chi connectivity index (χ1) is 8.28. The van der Waals surface area contributed by atoms with Gasteiger partial charge >= 0.3 is 6.36 Å². The predicted octanol–water partition coefficient (Wildman–Crippen LogP) is 3.47. The fourth-order valence-electron chi connectivity index (χ4n) is 1.17. The van der Waals surface area contributed by atoms with E-state index in [0.717, 1.165) is 0 Å². The Morgan fingerprint density at radius 2 is 2.06 bits per heavy atom. The fourth-order valence-corrected chi connectivity index (χ4v) is 1.44. The van der Waals surface area contributed by atoms with Crippen LogP contribution >= 0.6 is 11.6 Å². The van der Waals surface area contributed by atoms with E-state index in [-0.39, 0.29) is 6.29 Å². The minimum atomic E-state index is -5.12. The van der Waals surface area contributed by atoms with Crippen molar-refractivity contribution < 1.29 is 31.5 Å². The number of nitrogens with zero attached hydrogens (tertiary/aromatic N) is 1. The molecule has 1 heterocycles. The molecule has 9 heteroatoms. The lowest BCUT2D eigenvalue weighted by molar-refractivity contribution is -0.276. The molecule has 0 fully saturated rings. The normalized spacial score (nSPS) is 11.7. The largest absolute Gasteiger partial charge is 0.574 e. The summed E-state index contributed by atoms with van der Waals surface area (Å²) in [5, 5.41) is 0. The molecule has 0 unspecified atom stereocenters. The van der Waals surface area contributed by atoms with Crippen LogP contribution in [0.2, 0.25) is 0 Å². The second-order valence-corrected chi connectivity index (χ2v) is 3.29. The van der Waals surface area contributed by atoms with Crippen molar-refractivity contribution in [2.24, 2.45) is 0 Å². The standard InChI is InChI=1S/C9H5ClF5NO2/c10-2-6-5(7(11)12)1-4(3-17)16-8(6)18-9(13,14)15/h1,3,7H,2H2. The van der Waals surface area contributed by atoms with E-state index in [4.69, 9.17) is 11.6 Å². The fraction of sp³-hybridized carbons (Fsp3) is 0.333. The summed E-state index contributed by atoms with van der Waals surface area (Å²) in [5.41, 5.74) is -2.02. The van der Waals surface area contributed by atoms with E-state index in [1.165, 1.54) is 0 Å². The van der Waals surface area contributed by atoms with Crippen LogP contribution < -0.4 is 4.74 Å².